The van der Waals surface area contributed by atoms with Crippen molar-refractivity contribution < 1.29 is 14.7 Å². The molecule has 84 valence electrons. The van der Waals surface area contributed by atoms with Crippen LogP contribution in [-0.4, -0.2) is 17.0 Å². The van der Waals surface area contributed by atoms with Crippen molar-refractivity contribution in [2.75, 3.05) is 0 Å². The average molecular weight is 219 g/mol. The Bertz CT molecular complexity index is 424. The number of carbonyl (C=O) groups is 2. The fraction of sp³-hybridized carbons (Fsp3) is 0.167. The second kappa shape index (κ2) is 5.70. The predicted molar refractivity (Wildman–Crippen MR) is 59.8 cm³/mol. The monoisotopic (exact) mass is 219 g/mol. The van der Waals surface area contributed by atoms with Gasteiger partial charge in [-0.05, 0) is 18.1 Å². The van der Waals surface area contributed by atoms with Gasteiger partial charge in [0.1, 0.15) is 0 Å². The number of amides is 1. The number of carboxylic acid groups (broad SMARTS) is 1. The molecule has 0 heterocycles. The summed E-state index contributed by atoms with van der Waals surface area (Å²) in [6.45, 7) is 2.35. The van der Waals surface area contributed by atoms with E-state index in [4.69, 9.17) is 5.11 Å². The van der Waals surface area contributed by atoms with Crippen LogP contribution in [0.25, 0.3) is 0 Å². The quantitative estimate of drug-likeness (QED) is 0.749. The van der Waals surface area contributed by atoms with E-state index >= 15 is 0 Å². The number of aliphatic carboxylic acids is 1. The minimum Gasteiger partial charge on any atom is -0.478 e. The molecule has 2 N–H and O–H groups in total. The lowest BCUT2D eigenvalue weighted by molar-refractivity contribution is -0.131. The smallest absolute Gasteiger partial charge is 0.328 e. The van der Waals surface area contributed by atoms with Gasteiger partial charge in [-0.25, -0.2) is 4.79 Å². The van der Waals surface area contributed by atoms with Crippen molar-refractivity contribution in [3.8, 4) is 0 Å². The number of carbonyl (C=O) groups excluding carboxylic acids is 1. The van der Waals surface area contributed by atoms with Gasteiger partial charge in [-0.2, -0.15) is 0 Å². The molecule has 16 heavy (non-hydrogen) atoms. The minimum atomic E-state index is -1.13. The summed E-state index contributed by atoms with van der Waals surface area (Å²) < 4.78 is 0. The summed E-state index contributed by atoms with van der Waals surface area (Å²) in [5.74, 6) is -1.54. The van der Waals surface area contributed by atoms with Gasteiger partial charge in [0.15, 0.2) is 0 Å². The van der Waals surface area contributed by atoms with Crippen LogP contribution in [-0.2, 0) is 16.1 Å². The first-order valence-corrected chi connectivity index (χ1v) is 4.83. The minimum absolute atomic E-state index is 0.398. The maximum Gasteiger partial charge on any atom is 0.328 e. The Balaban J connectivity index is 2.49. The van der Waals surface area contributed by atoms with Crippen LogP contribution in [0.15, 0.2) is 36.4 Å². The van der Waals surface area contributed by atoms with Gasteiger partial charge >= 0.3 is 5.97 Å². The van der Waals surface area contributed by atoms with E-state index in [1.165, 1.54) is 0 Å². The summed E-state index contributed by atoms with van der Waals surface area (Å²) in [6.07, 6.45) is 1.81. The van der Waals surface area contributed by atoms with E-state index in [2.05, 4.69) is 5.32 Å². The van der Waals surface area contributed by atoms with Gasteiger partial charge in [-0.1, -0.05) is 24.3 Å². The molecular formula is C12H13NO3. The van der Waals surface area contributed by atoms with Crippen molar-refractivity contribution in [2.24, 2.45) is 0 Å². The lowest BCUT2D eigenvalue weighted by Crippen LogP contribution is -2.21. The van der Waals surface area contributed by atoms with E-state index in [0.717, 1.165) is 23.3 Å². The van der Waals surface area contributed by atoms with Crippen LogP contribution in [0.4, 0.5) is 0 Å². The zero-order valence-corrected chi connectivity index (χ0v) is 8.93. The first-order valence-electron chi connectivity index (χ1n) is 4.83. The number of rotatable bonds is 4. The first kappa shape index (κ1) is 12.0. The van der Waals surface area contributed by atoms with Crippen molar-refractivity contribution in [1.29, 1.82) is 0 Å². The van der Waals surface area contributed by atoms with Crippen LogP contribution < -0.4 is 5.32 Å². The van der Waals surface area contributed by atoms with Crippen LogP contribution in [0.5, 0.6) is 0 Å². The van der Waals surface area contributed by atoms with Gasteiger partial charge in [-0.15, -0.1) is 0 Å². The summed E-state index contributed by atoms with van der Waals surface area (Å²) >= 11 is 0. The Hall–Kier alpha value is -2.10. The molecule has 0 bridgehead atoms. The fourth-order valence-electron chi connectivity index (χ4n) is 1.20. The third-order valence-electron chi connectivity index (χ3n) is 2.09. The average Bonchev–Trinajstić information content (AvgIpc) is 2.25. The number of hydrogen-bond donors (Lipinski definition) is 2. The molecule has 1 aromatic rings. The molecule has 1 aromatic carbocycles. The van der Waals surface area contributed by atoms with Crippen molar-refractivity contribution in [3.63, 3.8) is 0 Å². The summed E-state index contributed by atoms with van der Waals surface area (Å²) in [5.41, 5.74) is 2.10. The molecule has 1 amide bonds. The van der Waals surface area contributed by atoms with E-state index in [0.29, 0.717) is 6.54 Å². The highest BCUT2D eigenvalue weighted by atomic mass is 16.4. The summed E-state index contributed by atoms with van der Waals surface area (Å²) in [5, 5.41) is 10.9. The normalized spacial score (nSPS) is 10.3. The molecule has 1 rings (SSSR count). The molecule has 0 saturated heterocycles. The van der Waals surface area contributed by atoms with Crippen LogP contribution in [0.1, 0.15) is 11.1 Å². The molecule has 0 aliphatic heterocycles. The highest BCUT2D eigenvalue weighted by Crippen LogP contribution is 2.05. The number of nitrogens with one attached hydrogen (secondary N) is 1. The third-order valence-corrected chi connectivity index (χ3v) is 2.09. The lowest BCUT2D eigenvalue weighted by atomic mass is 10.1. The molecule has 0 saturated carbocycles. The SMILES string of the molecule is Cc1ccccc1CNC(=O)/C=C/C(=O)O. The molecule has 0 radical (unpaired) electrons. The van der Waals surface area contributed by atoms with E-state index < -0.39 is 11.9 Å². The highest BCUT2D eigenvalue weighted by molar-refractivity contribution is 5.93. The maximum absolute atomic E-state index is 11.2. The summed E-state index contributed by atoms with van der Waals surface area (Å²) in [4.78, 5) is 21.3. The number of aryl methyl sites for hydroxylation is 1. The van der Waals surface area contributed by atoms with Gasteiger partial charge in [0.05, 0.1) is 0 Å². The zero-order valence-electron chi connectivity index (χ0n) is 8.93. The molecule has 0 atom stereocenters. The molecule has 0 aliphatic carbocycles. The summed E-state index contributed by atoms with van der Waals surface area (Å²) in [7, 11) is 0. The predicted octanol–water partition coefficient (Wildman–Crippen LogP) is 1.25. The van der Waals surface area contributed by atoms with Crippen molar-refractivity contribution in [3.05, 3.63) is 47.5 Å². The van der Waals surface area contributed by atoms with E-state index in [9.17, 15) is 9.59 Å². The van der Waals surface area contributed by atoms with Crippen molar-refractivity contribution in [1.82, 2.24) is 5.32 Å². The Labute approximate surface area is 93.6 Å². The van der Waals surface area contributed by atoms with Gasteiger partial charge in [0.25, 0.3) is 0 Å². The van der Waals surface area contributed by atoms with Gasteiger partial charge in [0, 0.05) is 18.7 Å². The lowest BCUT2D eigenvalue weighted by Gasteiger charge is -2.05. The summed E-state index contributed by atoms with van der Waals surface area (Å²) in [6, 6.07) is 7.68. The van der Waals surface area contributed by atoms with Crippen LogP contribution in [0, 0.1) is 6.92 Å². The highest BCUT2D eigenvalue weighted by Gasteiger charge is 1.99. The van der Waals surface area contributed by atoms with E-state index in [1.807, 2.05) is 31.2 Å². The van der Waals surface area contributed by atoms with Crippen LogP contribution >= 0.6 is 0 Å². The van der Waals surface area contributed by atoms with Gasteiger partial charge < -0.3 is 10.4 Å². The Morgan fingerprint density at radius 3 is 2.62 bits per heavy atom. The molecule has 0 spiro atoms. The molecule has 4 nitrogen and oxygen atoms in total. The van der Waals surface area contributed by atoms with Crippen molar-refractivity contribution >= 4 is 11.9 Å². The van der Waals surface area contributed by atoms with Crippen LogP contribution in [0.2, 0.25) is 0 Å². The van der Waals surface area contributed by atoms with Crippen LogP contribution in [0.3, 0.4) is 0 Å². The Kier molecular flexibility index (Phi) is 4.27. The first-order chi connectivity index (χ1) is 7.59. The molecule has 0 aromatic heterocycles. The zero-order chi connectivity index (χ0) is 12.0. The Morgan fingerprint density at radius 1 is 1.31 bits per heavy atom. The fourth-order valence-corrected chi connectivity index (χ4v) is 1.20. The van der Waals surface area contributed by atoms with E-state index in [1.54, 1.807) is 0 Å². The second-order valence-corrected chi connectivity index (χ2v) is 3.32. The molecule has 0 fully saturated rings. The molecule has 0 unspecified atom stereocenters. The molecule has 0 aliphatic rings. The second-order valence-electron chi connectivity index (χ2n) is 3.32. The topological polar surface area (TPSA) is 66.4 Å². The molecular weight excluding hydrogens is 206 g/mol. The standard InChI is InChI=1S/C12H13NO3/c1-9-4-2-3-5-10(9)8-13-11(14)6-7-12(15)16/h2-7H,8H2,1H3,(H,13,14)(H,15,16)/b7-6+. The number of benzene rings is 1. The number of hydrogen-bond acceptors (Lipinski definition) is 2. The van der Waals surface area contributed by atoms with Gasteiger partial charge in [-0.3, -0.25) is 4.79 Å². The largest absolute Gasteiger partial charge is 0.478 e. The third kappa shape index (κ3) is 3.96. The van der Waals surface area contributed by atoms with Crippen molar-refractivity contribution in [2.45, 2.75) is 13.5 Å². The number of carboxylic acids is 1. The maximum atomic E-state index is 11.2. The van der Waals surface area contributed by atoms with E-state index in [-0.39, 0.29) is 0 Å². The Morgan fingerprint density at radius 2 is 2.00 bits per heavy atom. The van der Waals surface area contributed by atoms with Gasteiger partial charge in [0.2, 0.25) is 5.91 Å². The molecule has 4 heteroatoms.